The van der Waals surface area contributed by atoms with Gasteiger partial charge in [0.1, 0.15) is 0 Å². The lowest BCUT2D eigenvalue weighted by molar-refractivity contribution is 0.0309. The van der Waals surface area contributed by atoms with Crippen LogP contribution in [-0.4, -0.2) is 68.3 Å². The van der Waals surface area contributed by atoms with Crippen LogP contribution in [0.5, 0.6) is 0 Å². The third-order valence-corrected chi connectivity index (χ3v) is 4.13. The predicted octanol–water partition coefficient (Wildman–Crippen LogP) is 1.16. The average Bonchev–Trinajstić information content (AvgIpc) is 2.55. The monoisotopic (exact) mass is 257 g/mol. The van der Waals surface area contributed by atoms with Crippen molar-refractivity contribution in [3.8, 4) is 0 Å². The first-order chi connectivity index (χ1) is 8.55. The van der Waals surface area contributed by atoms with Gasteiger partial charge in [0, 0.05) is 37.9 Å². The van der Waals surface area contributed by atoms with Crippen molar-refractivity contribution in [2.75, 3.05) is 46.9 Å². The molecule has 2 atom stereocenters. The van der Waals surface area contributed by atoms with Crippen LogP contribution in [0.25, 0.3) is 0 Å². The molecule has 18 heavy (non-hydrogen) atoms. The maximum absolute atomic E-state index is 6.14. The summed E-state index contributed by atoms with van der Waals surface area (Å²) < 4.78 is 5.61. The number of nitrogens with two attached hydrogens (primary N) is 1. The van der Waals surface area contributed by atoms with Crippen molar-refractivity contribution in [3.05, 3.63) is 0 Å². The van der Waals surface area contributed by atoms with Crippen molar-refractivity contribution in [1.82, 2.24) is 9.80 Å². The molecule has 108 valence electrons. The smallest absolute Gasteiger partial charge is 0.0484 e. The number of rotatable bonds is 6. The minimum Gasteiger partial charge on any atom is -0.381 e. The van der Waals surface area contributed by atoms with Gasteiger partial charge in [0.15, 0.2) is 0 Å². The fourth-order valence-electron chi connectivity index (χ4n) is 3.34. The molecule has 1 fully saturated rings. The maximum atomic E-state index is 6.14. The molecule has 4 nitrogen and oxygen atoms in total. The summed E-state index contributed by atoms with van der Waals surface area (Å²) in [4.78, 5) is 4.85. The van der Waals surface area contributed by atoms with Gasteiger partial charge in [0.2, 0.25) is 0 Å². The molecule has 0 amide bonds. The second kappa shape index (κ2) is 7.43. The van der Waals surface area contributed by atoms with E-state index >= 15 is 0 Å². The molecule has 0 aromatic heterocycles. The Kier molecular flexibility index (Phi) is 6.57. The molecule has 0 bridgehead atoms. The lowest BCUT2D eigenvalue weighted by atomic mass is 9.87. The van der Waals surface area contributed by atoms with Crippen LogP contribution in [0.4, 0.5) is 0 Å². The highest BCUT2D eigenvalue weighted by molar-refractivity contribution is 4.95. The van der Waals surface area contributed by atoms with Crippen molar-refractivity contribution >= 4 is 0 Å². The molecule has 1 saturated heterocycles. The molecule has 1 aliphatic rings. The molecule has 2 unspecified atom stereocenters. The van der Waals surface area contributed by atoms with Crippen LogP contribution in [0.15, 0.2) is 0 Å². The van der Waals surface area contributed by atoms with Gasteiger partial charge in [-0.15, -0.1) is 0 Å². The lowest BCUT2D eigenvalue weighted by Crippen LogP contribution is -2.59. The minimum absolute atomic E-state index is 0.140. The molecule has 1 heterocycles. The zero-order valence-corrected chi connectivity index (χ0v) is 12.6. The van der Waals surface area contributed by atoms with Crippen LogP contribution >= 0.6 is 0 Å². The van der Waals surface area contributed by atoms with Gasteiger partial charge in [-0.3, -0.25) is 4.90 Å². The predicted molar refractivity (Wildman–Crippen MR) is 76.9 cm³/mol. The Morgan fingerprint density at radius 1 is 1.28 bits per heavy atom. The molecule has 1 aliphatic heterocycles. The second-order valence-corrected chi connectivity index (χ2v) is 5.79. The van der Waals surface area contributed by atoms with E-state index in [1.165, 1.54) is 0 Å². The topological polar surface area (TPSA) is 41.7 Å². The van der Waals surface area contributed by atoms with Gasteiger partial charge >= 0.3 is 0 Å². The number of likely N-dealkylation sites (N-methyl/N-ethyl adjacent to an activating group) is 2. The van der Waals surface area contributed by atoms with Gasteiger partial charge in [-0.1, -0.05) is 6.92 Å². The summed E-state index contributed by atoms with van der Waals surface area (Å²) in [5.41, 5.74) is 6.28. The Bertz CT molecular complexity index is 225. The molecule has 0 spiro atoms. The number of hydrogen-bond acceptors (Lipinski definition) is 4. The summed E-state index contributed by atoms with van der Waals surface area (Å²) in [5.74, 6) is 0. The van der Waals surface area contributed by atoms with E-state index in [1.54, 1.807) is 0 Å². The van der Waals surface area contributed by atoms with E-state index in [1.807, 2.05) is 0 Å². The third kappa shape index (κ3) is 3.92. The van der Waals surface area contributed by atoms with Gasteiger partial charge in [-0.25, -0.2) is 0 Å². The molecule has 2 N–H and O–H groups in total. The molecule has 4 heteroatoms. The fourth-order valence-corrected chi connectivity index (χ4v) is 3.34. The third-order valence-electron chi connectivity index (χ3n) is 4.13. The van der Waals surface area contributed by atoms with Crippen molar-refractivity contribution in [1.29, 1.82) is 0 Å². The zero-order valence-electron chi connectivity index (χ0n) is 12.6. The molecule has 0 aliphatic carbocycles. The highest BCUT2D eigenvalue weighted by Gasteiger charge is 2.37. The first-order valence-corrected chi connectivity index (χ1v) is 7.25. The van der Waals surface area contributed by atoms with E-state index < -0.39 is 0 Å². The molecule has 1 rings (SSSR count). The quantitative estimate of drug-likeness (QED) is 0.775. The molecule has 0 aromatic rings. The molecule has 0 saturated carbocycles. The Labute approximate surface area is 112 Å². The molecule has 0 radical (unpaired) electrons. The van der Waals surface area contributed by atoms with Gasteiger partial charge in [0.25, 0.3) is 0 Å². The van der Waals surface area contributed by atoms with Crippen molar-refractivity contribution in [3.63, 3.8) is 0 Å². The summed E-state index contributed by atoms with van der Waals surface area (Å²) >= 11 is 0. The van der Waals surface area contributed by atoms with Crippen molar-refractivity contribution < 1.29 is 4.74 Å². The summed E-state index contributed by atoms with van der Waals surface area (Å²) in [6, 6.07) is 0.534. The highest BCUT2D eigenvalue weighted by Crippen LogP contribution is 2.29. The first-order valence-electron chi connectivity index (χ1n) is 7.25. The standard InChI is InChI=1S/C14H31N3O/c1-5-17(13(2)11-16(3)4)14(12-15)7-6-9-18-10-8-14/h13H,5-12,15H2,1-4H3. The Morgan fingerprint density at radius 2 is 2.00 bits per heavy atom. The number of ether oxygens (including phenoxy) is 1. The second-order valence-electron chi connectivity index (χ2n) is 5.79. The van der Waals surface area contributed by atoms with Crippen molar-refractivity contribution in [2.24, 2.45) is 5.73 Å². The summed E-state index contributed by atoms with van der Waals surface area (Å²) in [5, 5.41) is 0. The van der Waals surface area contributed by atoms with E-state index in [9.17, 15) is 0 Å². The molecular weight excluding hydrogens is 226 g/mol. The van der Waals surface area contributed by atoms with Crippen LogP contribution in [0, 0.1) is 0 Å². The molecular formula is C14H31N3O. The van der Waals surface area contributed by atoms with Gasteiger partial charge in [-0.2, -0.15) is 0 Å². The highest BCUT2D eigenvalue weighted by atomic mass is 16.5. The number of hydrogen-bond donors (Lipinski definition) is 1. The Hall–Kier alpha value is -0.160. The normalized spacial score (nSPS) is 27.5. The lowest BCUT2D eigenvalue weighted by Gasteiger charge is -2.46. The Morgan fingerprint density at radius 3 is 2.56 bits per heavy atom. The van der Waals surface area contributed by atoms with E-state index in [2.05, 4.69) is 37.7 Å². The van der Waals surface area contributed by atoms with Crippen LogP contribution in [0.3, 0.4) is 0 Å². The van der Waals surface area contributed by atoms with Gasteiger partial charge < -0.3 is 15.4 Å². The SMILES string of the molecule is CCN(C(C)CN(C)C)C1(CN)CCCOCC1. The first kappa shape index (κ1) is 15.9. The summed E-state index contributed by atoms with van der Waals surface area (Å²) in [7, 11) is 4.27. The maximum Gasteiger partial charge on any atom is 0.0484 e. The largest absolute Gasteiger partial charge is 0.381 e. The van der Waals surface area contributed by atoms with Crippen LogP contribution < -0.4 is 5.73 Å². The zero-order chi connectivity index (χ0) is 13.6. The van der Waals surface area contributed by atoms with E-state index in [0.29, 0.717) is 6.04 Å². The fraction of sp³-hybridized carbons (Fsp3) is 1.00. The van der Waals surface area contributed by atoms with E-state index in [4.69, 9.17) is 10.5 Å². The Balaban J connectivity index is 2.79. The van der Waals surface area contributed by atoms with Crippen LogP contribution in [0.1, 0.15) is 33.1 Å². The summed E-state index contributed by atoms with van der Waals surface area (Å²) in [6.07, 6.45) is 3.35. The van der Waals surface area contributed by atoms with E-state index in [-0.39, 0.29) is 5.54 Å². The van der Waals surface area contributed by atoms with Crippen LogP contribution in [0.2, 0.25) is 0 Å². The van der Waals surface area contributed by atoms with Crippen LogP contribution in [-0.2, 0) is 4.74 Å². The van der Waals surface area contributed by atoms with Gasteiger partial charge in [-0.05, 0) is 46.8 Å². The summed E-state index contributed by atoms with van der Waals surface area (Å²) in [6.45, 7) is 9.18. The van der Waals surface area contributed by atoms with Gasteiger partial charge in [0.05, 0.1) is 0 Å². The average molecular weight is 257 g/mol. The van der Waals surface area contributed by atoms with Crippen molar-refractivity contribution in [2.45, 2.75) is 44.7 Å². The molecule has 0 aromatic carbocycles. The number of nitrogens with zero attached hydrogens (tertiary/aromatic N) is 2. The van der Waals surface area contributed by atoms with E-state index in [0.717, 1.165) is 52.1 Å². The minimum atomic E-state index is 0.140.